The fourth-order valence-electron chi connectivity index (χ4n) is 3.77. The summed E-state index contributed by atoms with van der Waals surface area (Å²) in [5, 5.41) is 9.06. The number of hydrogen-bond donors (Lipinski definition) is 0. The quantitative estimate of drug-likeness (QED) is 0.362. The van der Waals surface area contributed by atoms with Crippen LogP contribution in [0.25, 0.3) is 11.3 Å². The smallest absolute Gasteiger partial charge is 0.247 e. The van der Waals surface area contributed by atoms with E-state index in [1.54, 1.807) is 30.2 Å². The van der Waals surface area contributed by atoms with Gasteiger partial charge in [0.15, 0.2) is 17.2 Å². The minimum absolute atomic E-state index is 0.240. The second kappa shape index (κ2) is 10.0. The van der Waals surface area contributed by atoms with Crippen LogP contribution in [-0.4, -0.2) is 48.2 Å². The molecule has 9 nitrogen and oxygen atoms in total. The molecule has 3 aromatic rings. The van der Waals surface area contributed by atoms with Gasteiger partial charge in [-0.2, -0.15) is 4.98 Å². The van der Waals surface area contributed by atoms with Gasteiger partial charge in [0.25, 0.3) is 0 Å². The number of fused-ring (bicyclic) bond motifs is 3. The molecule has 0 saturated heterocycles. The number of carbonyl (C=O) groups excluding carboxylic acids is 1. The Morgan fingerprint density at radius 2 is 1.88 bits per heavy atom. The minimum Gasteiger partial charge on any atom is -0.493 e. The molecule has 1 atom stereocenters. The number of thioether (sulfide) groups is 1. The summed E-state index contributed by atoms with van der Waals surface area (Å²) < 4.78 is 23.1. The summed E-state index contributed by atoms with van der Waals surface area (Å²) >= 11 is 1.38. The first-order chi connectivity index (χ1) is 16.5. The zero-order valence-corrected chi connectivity index (χ0v) is 20.1. The van der Waals surface area contributed by atoms with Crippen molar-refractivity contribution in [3.63, 3.8) is 0 Å². The number of benzene rings is 2. The molecule has 1 aliphatic rings. The van der Waals surface area contributed by atoms with Crippen LogP contribution >= 0.6 is 11.8 Å². The summed E-state index contributed by atoms with van der Waals surface area (Å²) in [4.78, 5) is 19.1. The molecule has 4 rings (SSSR count). The highest BCUT2D eigenvalue weighted by Crippen LogP contribution is 2.48. The average molecular weight is 481 g/mol. The number of aromatic nitrogens is 3. The molecule has 1 aromatic heterocycles. The van der Waals surface area contributed by atoms with Crippen LogP contribution in [0.15, 0.2) is 54.2 Å². The molecule has 0 aliphatic carbocycles. The highest BCUT2D eigenvalue weighted by Gasteiger charge is 2.37. The van der Waals surface area contributed by atoms with Crippen molar-refractivity contribution in [2.24, 2.45) is 0 Å². The van der Waals surface area contributed by atoms with Crippen LogP contribution in [0.1, 0.15) is 18.7 Å². The van der Waals surface area contributed by atoms with Crippen LogP contribution in [0.4, 0.5) is 5.69 Å². The van der Waals surface area contributed by atoms with Crippen molar-refractivity contribution < 1.29 is 23.7 Å². The summed E-state index contributed by atoms with van der Waals surface area (Å²) in [7, 11) is 4.58. The maximum Gasteiger partial charge on any atom is 0.247 e. The molecule has 34 heavy (non-hydrogen) atoms. The number of rotatable bonds is 7. The van der Waals surface area contributed by atoms with Gasteiger partial charge in [0, 0.05) is 18.2 Å². The third-order valence-corrected chi connectivity index (χ3v) is 6.02. The SMILES string of the molecule is C=CCSc1nnc2c(n1)O[C@@H](c1ccc(OC)c(OC)c1OC)N(C(C)=O)c1ccccc1-2. The Kier molecular flexibility index (Phi) is 6.87. The molecular weight excluding hydrogens is 456 g/mol. The summed E-state index contributed by atoms with van der Waals surface area (Å²) in [6.45, 7) is 5.20. The van der Waals surface area contributed by atoms with Gasteiger partial charge in [-0.05, 0) is 18.2 Å². The first-order valence-electron chi connectivity index (χ1n) is 10.4. The number of amides is 1. The van der Waals surface area contributed by atoms with Crippen molar-refractivity contribution in [1.29, 1.82) is 0 Å². The number of ether oxygens (including phenoxy) is 4. The van der Waals surface area contributed by atoms with Gasteiger partial charge in [0.2, 0.25) is 28.9 Å². The molecular formula is C24H24N4O5S. The molecule has 10 heteroatoms. The van der Waals surface area contributed by atoms with Gasteiger partial charge in [-0.25, -0.2) is 0 Å². The molecule has 0 unspecified atom stereocenters. The summed E-state index contributed by atoms with van der Waals surface area (Å²) in [6.07, 6.45) is 0.827. The van der Waals surface area contributed by atoms with Gasteiger partial charge in [-0.15, -0.1) is 16.8 Å². The second-order valence-electron chi connectivity index (χ2n) is 7.15. The number of nitrogens with zero attached hydrogens (tertiary/aromatic N) is 4. The number of para-hydroxylation sites is 1. The highest BCUT2D eigenvalue weighted by atomic mass is 32.2. The molecule has 1 amide bonds. The molecule has 0 spiro atoms. The van der Waals surface area contributed by atoms with Crippen LogP contribution in [-0.2, 0) is 4.79 Å². The van der Waals surface area contributed by atoms with E-state index in [0.29, 0.717) is 50.7 Å². The van der Waals surface area contributed by atoms with Crippen LogP contribution < -0.4 is 23.8 Å². The third-order valence-electron chi connectivity index (χ3n) is 5.18. The predicted octanol–water partition coefficient (Wildman–Crippen LogP) is 4.29. The van der Waals surface area contributed by atoms with E-state index >= 15 is 0 Å². The lowest BCUT2D eigenvalue weighted by molar-refractivity contribution is -0.118. The van der Waals surface area contributed by atoms with Crippen LogP contribution in [0.2, 0.25) is 0 Å². The summed E-state index contributed by atoms with van der Waals surface area (Å²) in [5.74, 6) is 1.87. The van der Waals surface area contributed by atoms with Crippen molar-refractivity contribution in [1.82, 2.24) is 15.2 Å². The van der Waals surface area contributed by atoms with Crippen LogP contribution in [0.3, 0.4) is 0 Å². The zero-order valence-electron chi connectivity index (χ0n) is 19.3. The van der Waals surface area contributed by atoms with E-state index < -0.39 is 6.23 Å². The monoisotopic (exact) mass is 480 g/mol. The van der Waals surface area contributed by atoms with E-state index in [-0.39, 0.29) is 11.8 Å². The molecule has 0 N–H and O–H groups in total. The van der Waals surface area contributed by atoms with Crippen molar-refractivity contribution >= 4 is 23.4 Å². The van der Waals surface area contributed by atoms with E-state index in [1.807, 2.05) is 24.3 Å². The Balaban J connectivity index is 1.97. The normalized spacial score (nSPS) is 14.2. The van der Waals surface area contributed by atoms with E-state index in [4.69, 9.17) is 18.9 Å². The maximum absolute atomic E-state index is 13.0. The molecule has 176 valence electrons. The third kappa shape index (κ3) is 4.12. The number of carbonyl (C=O) groups is 1. The molecule has 0 bridgehead atoms. The van der Waals surface area contributed by atoms with E-state index in [2.05, 4.69) is 21.8 Å². The average Bonchev–Trinajstić information content (AvgIpc) is 3.00. The van der Waals surface area contributed by atoms with Crippen molar-refractivity contribution in [2.75, 3.05) is 32.0 Å². The lowest BCUT2D eigenvalue weighted by atomic mass is 10.1. The minimum atomic E-state index is -0.927. The highest BCUT2D eigenvalue weighted by molar-refractivity contribution is 7.99. The number of anilines is 1. The molecule has 1 aliphatic heterocycles. The lowest BCUT2D eigenvalue weighted by Crippen LogP contribution is -2.36. The Morgan fingerprint density at radius 1 is 1.12 bits per heavy atom. The Morgan fingerprint density at radius 3 is 2.56 bits per heavy atom. The topological polar surface area (TPSA) is 95.9 Å². The molecule has 2 heterocycles. The number of methoxy groups -OCH3 is 3. The van der Waals surface area contributed by atoms with Gasteiger partial charge in [-0.1, -0.05) is 36.0 Å². The summed E-state index contributed by atoms with van der Waals surface area (Å²) in [5.41, 5.74) is 2.27. The standard InChI is InChI=1S/C24H24N4O5S/c1-6-13-34-24-25-22-19(26-27-24)15-9-7-8-10-17(15)28(14(2)29)23(33-22)16-11-12-18(30-3)21(32-5)20(16)31-4/h6-12,23H,1,13H2,2-5H3/t23-/m0/s1. The predicted molar refractivity (Wildman–Crippen MR) is 129 cm³/mol. The van der Waals surface area contributed by atoms with Crippen molar-refractivity contribution in [3.05, 3.63) is 54.6 Å². The number of hydrogen-bond acceptors (Lipinski definition) is 9. The van der Waals surface area contributed by atoms with Crippen LogP contribution in [0.5, 0.6) is 23.1 Å². The van der Waals surface area contributed by atoms with Gasteiger partial charge in [0.05, 0.1) is 32.6 Å². The largest absolute Gasteiger partial charge is 0.493 e. The fourth-order valence-corrected chi connectivity index (χ4v) is 4.28. The Hall–Kier alpha value is -3.79. The molecule has 0 saturated carbocycles. The van der Waals surface area contributed by atoms with Crippen molar-refractivity contribution in [3.8, 4) is 34.4 Å². The maximum atomic E-state index is 13.0. The second-order valence-corrected chi connectivity index (χ2v) is 8.13. The van der Waals surface area contributed by atoms with E-state index in [0.717, 1.165) is 0 Å². The molecule has 0 radical (unpaired) electrons. The first kappa shape index (κ1) is 23.4. The van der Waals surface area contributed by atoms with Gasteiger partial charge in [0.1, 0.15) is 0 Å². The van der Waals surface area contributed by atoms with E-state index in [1.165, 1.54) is 32.9 Å². The first-order valence-corrected chi connectivity index (χ1v) is 11.4. The Bertz CT molecular complexity index is 1240. The van der Waals surface area contributed by atoms with Gasteiger partial charge >= 0.3 is 0 Å². The van der Waals surface area contributed by atoms with E-state index in [9.17, 15) is 4.79 Å². The van der Waals surface area contributed by atoms with Crippen LogP contribution in [0, 0.1) is 0 Å². The van der Waals surface area contributed by atoms with Gasteiger partial charge < -0.3 is 18.9 Å². The Labute approximate surface area is 201 Å². The summed E-state index contributed by atoms with van der Waals surface area (Å²) in [6, 6.07) is 10.9. The lowest BCUT2D eigenvalue weighted by Gasteiger charge is -2.31. The fraction of sp³-hybridized carbons (Fsp3) is 0.250. The molecule has 2 aromatic carbocycles. The van der Waals surface area contributed by atoms with Gasteiger partial charge in [-0.3, -0.25) is 9.69 Å². The van der Waals surface area contributed by atoms with Crippen molar-refractivity contribution in [2.45, 2.75) is 18.3 Å². The molecule has 0 fully saturated rings. The zero-order chi connectivity index (χ0) is 24.2.